The van der Waals surface area contributed by atoms with E-state index in [0.29, 0.717) is 0 Å². The molecule has 14 rings (SSSR count). The molecule has 0 saturated carbocycles. The van der Waals surface area contributed by atoms with Crippen molar-refractivity contribution in [2.75, 3.05) is 0 Å². The maximum Gasteiger partial charge on any atom is 0.299 e. The molecule has 1 spiro atoms. The number of aryl methyl sites for hydroxylation is 1. The van der Waals surface area contributed by atoms with E-state index >= 15 is 0 Å². The molecule has 4 heteroatoms. The lowest BCUT2D eigenvalue weighted by Gasteiger charge is -2.39. The van der Waals surface area contributed by atoms with Gasteiger partial charge in [0.15, 0.2) is 10.6 Å². The van der Waals surface area contributed by atoms with Gasteiger partial charge in [0, 0.05) is 45.7 Å². The molecule has 4 atom stereocenters. The Bertz CT molecular complexity index is 3420. The van der Waals surface area contributed by atoms with Crippen molar-refractivity contribution in [1.29, 1.82) is 0 Å². The summed E-state index contributed by atoms with van der Waals surface area (Å²) in [5, 5.41) is 6.55. The number of fused-ring (bicyclic) bond motifs is 19. The van der Waals surface area contributed by atoms with E-state index in [1.807, 2.05) is 0 Å². The monoisotopic (exact) mass is 774 g/mol. The van der Waals surface area contributed by atoms with Crippen LogP contribution in [0.5, 0.6) is 0 Å². The number of allylic oxidation sites excluding steroid dienone is 7. The molecule has 2 aliphatic heterocycles. The van der Waals surface area contributed by atoms with Crippen LogP contribution in [0.25, 0.3) is 66.8 Å². The number of furan rings is 1. The van der Waals surface area contributed by atoms with Gasteiger partial charge < -0.3 is 8.98 Å². The summed E-state index contributed by atoms with van der Waals surface area (Å²) in [6.45, 7) is 0. The molecule has 0 amide bonds. The number of nitrogens with zero attached hydrogens (tertiary/aromatic N) is 1. The molecule has 0 N–H and O–H groups in total. The second kappa shape index (κ2) is 11.8. The van der Waals surface area contributed by atoms with E-state index in [1.54, 1.807) is 0 Å². The number of benzene rings is 6. The molecule has 0 bridgehead atoms. The molecule has 4 aliphatic carbocycles. The summed E-state index contributed by atoms with van der Waals surface area (Å²) in [4.78, 5) is 0. The standard InChI is InChI=1S/C55H37NO2P/c1-2-13-35(14-3-1)58-59-51-24-11-6-17-38(51)40-28-29-44-52(54(40)59)41-27-25-34(33-26-30-50-42(31-33)37-16-5-10-23-49(37)57-50)32-46(41)55(44)43-19-7-9-22-48(43)56-47-21-8-4-15-36(47)39-18-12-20-45(55)53(39)56/h1-9,11-13,15-22,24-32,35,38H,10,14,23H2/q+1. The highest BCUT2D eigenvalue weighted by Gasteiger charge is 2.55. The Morgan fingerprint density at radius 2 is 1.54 bits per heavy atom. The van der Waals surface area contributed by atoms with Crippen molar-refractivity contribution in [3.05, 3.63) is 209 Å². The fourth-order valence-corrected chi connectivity index (χ4v) is 14.0. The Labute approximate surface area is 343 Å². The molecular weight excluding hydrogens is 738 g/mol. The van der Waals surface area contributed by atoms with Gasteiger partial charge in [-0.15, -0.1) is 0 Å². The molecule has 2 aromatic heterocycles. The lowest BCUT2D eigenvalue weighted by molar-refractivity contribution is 0.291. The van der Waals surface area contributed by atoms with Gasteiger partial charge in [-0.25, -0.2) is 0 Å². The predicted octanol–water partition coefficient (Wildman–Crippen LogP) is 13.2. The fraction of sp³-hybridized carbons (Fsp3) is 0.109. The summed E-state index contributed by atoms with van der Waals surface area (Å²) < 4.78 is 16.3. The van der Waals surface area contributed by atoms with Gasteiger partial charge in [0.05, 0.1) is 28.1 Å². The van der Waals surface area contributed by atoms with Gasteiger partial charge in [-0.2, -0.15) is 4.52 Å². The smallest absolute Gasteiger partial charge is 0.299 e. The topological polar surface area (TPSA) is 27.3 Å². The van der Waals surface area contributed by atoms with E-state index in [2.05, 4.69) is 181 Å². The number of hydrogen-bond donors (Lipinski definition) is 0. The Morgan fingerprint density at radius 3 is 2.51 bits per heavy atom. The van der Waals surface area contributed by atoms with E-state index in [4.69, 9.17) is 8.94 Å². The quantitative estimate of drug-likeness (QED) is 0.167. The van der Waals surface area contributed by atoms with Crippen LogP contribution in [-0.4, -0.2) is 16.0 Å². The van der Waals surface area contributed by atoms with E-state index in [-0.39, 0.29) is 12.0 Å². The maximum atomic E-state index is 7.35. The largest absolute Gasteiger partial charge is 0.460 e. The Kier molecular flexibility index (Phi) is 6.49. The van der Waals surface area contributed by atoms with Crippen molar-refractivity contribution >= 4 is 57.2 Å². The van der Waals surface area contributed by atoms with Crippen molar-refractivity contribution in [2.24, 2.45) is 0 Å². The van der Waals surface area contributed by atoms with Crippen LogP contribution in [0.3, 0.4) is 0 Å². The third-order valence-corrected chi connectivity index (χ3v) is 16.1. The Morgan fingerprint density at radius 1 is 0.678 bits per heavy atom. The molecule has 0 saturated heterocycles. The minimum Gasteiger partial charge on any atom is -0.460 e. The molecule has 0 radical (unpaired) electrons. The van der Waals surface area contributed by atoms with Crippen LogP contribution in [0.2, 0.25) is 0 Å². The van der Waals surface area contributed by atoms with Crippen LogP contribution in [0, 0.1) is 0 Å². The highest BCUT2D eigenvalue weighted by atomic mass is 31.1. The van der Waals surface area contributed by atoms with Gasteiger partial charge in [-0.3, -0.25) is 0 Å². The predicted molar refractivity (Wildman–Crippen MR) is 245 cm³/mol. The molecule has 8 aromatic rings. The van der Waals surface area contributed by atoms with Gasteiger partial charge in [-0.1, -0.05) is 140 Å². The molecule has 278 valence electrons. The minimum atomic E-state index is -1.09. The lowest BCUT2D eigenvalue weighted by Crippen LogP contribution is -2.33. The third kappa shape index (κ3) is 4.14. The van der Waals surface area contributed by atoms with Crippen LogP contribution in [0.1, 0.15) is 57.9 Å². The summed E-state index contributed by atoms with van der Waals surface area (Å²) in [6, 6.07) is 44.2. The van der Waals surface area contributed by atoms with Crippen LogP contribution < -0.4 is 5.30 Å². The molecular formula is C55H37NO2P+. The molecule has 0 fully saturated rings. The van der Waals surface area contributed by atoms with Crippen LogP contribution in [0.15, 0.2) is 174 Å². The van der Waals surface area contributed by atoms with Crippen molar-refractivity contribution in [1.82, 2.24) is 4.57 Å². The van der Waals surface area contributed by atoms with Crippen molar-refractivity contribution < 1.29 is 8.94 Å². The summed E-state index contributed by atoms with van der Waals surface area (Å²) in [5.41, 5.74) is 17.2. The average Bonchev–Trinajstić information content (AvgIpc) is 4.02. The second-order valence-electron chi connectivity index (χ2n) is 16.7. The van der Waals surface area contributed by atoms with E-state index < -0.39 is 13.2 Å². The minimum absolute atomic E-state index is 0.0378. The van der Waals surface area contributed by atoms with Crippen molar-refractivity contribution in [2.45, 2.75) is 36.7 Å². The third-order valence-electron chi connectivity index (χ3n) is 13.9. The highest BCUT2D eigenvalue weighted by Crippen LogP contribution is 2.63. The zero-order valence-corrected chi connectivity index (χ0v) is 33.1. The molecule has 6 aromatic carbocycles. The maximum absolute atomic E-state index is 7.35. The molecule has 6 aliphatic rings. The molecule has 4 unspecified atom stereocenters. The lowest BCUT2D eigenvalue weighted by atomic mass is 9.65. The summed E-state index contributed by atoms with van der Waals surface area (Å²) in [6.07, 6.45) is 25.3. The normalized spacial score (nSPS) is 21.7. The van der Waals surface area contributed by atoms with E-state index in [9.17, 15) is 0 Å². The molecule has 4 heterocycles. The van der Waals surface area contributed by atoms with Gasteiger partial charge in [0.25, 0.3) is 7.77 Å². The first kappa shape index (κ1) is 32.4. The average molecular weight is 775 g/mol. The summed E-state index contributed by atoms with van der Waals surface area (Å²) >= 11 is 0. The zero-order valence-electron chi connectivity index (χ0n) is 32.2. The number of para-hydroxylation sites is 3. The van der Waals surface area contributed by atoms with Crippen molar-refractivity contribution in [3.63, 3.8) is 0 Å². The van der Waals surface area contributed by atoms with E-state index in [1.165, 1.54) is 99.1 Å². The van der Waals surface area contributed by atoms with Crippen LogP contribution in [0.4, 0.5) is 0 Å². The highest BCUT2D eigenvalue weighted by molar-refractivity contribution is 7.63. The number of rotatable bonds is 3. The van der Waals surface area contributed by atoms with E-state index in [0.717, 1.165) is 30.6 Å². The SMILES string of the molecule is C1=CCC(O[P+]2=C3C=CC=CC3c3ccc4c(c32)-c2ccc(-c3ccc5oc6c(c5c3)C=CCC6)cc2C42c3ccccc3-n3c4ccccc4c4cccc2c43)C=C1. The van der Waals surface area contributed by atoms with Crippen molar-refractivity contribution in [3.8, 4) is 27.9 Å². The molecule has 3 nitrogen and oxygen atoms in total. The van der Waals surface area contributed by atoms with Gasteiger partial charge >= 0.3 is 0 Å². The first-order valence-electron chi connectivity index (χ1n) is 21.0. The Hall–Kier alpha value is -6.51. The number of hydrogen-bond acceptors (Lipinski definition) is 2. The van der Waals surface area contributed by atoms with Crippen LogP contribution >= 0.6 is 7.77 Å². The van der Waals surface area contributed by atoms with Gasteiger partial charge in [-0.05, 0) is 81.8 Å². The first-order chi connectivity index (χ1) is 29.3. The second-order valence-corrected chi connectivity index (χ2v) is 18.5. The Balaban J connectivity index is 1.11. The fourth-order valence-electron chi connectivity index (χ4n) is 11.5. The number of aromatic nitrogens is 1. The van der Waals surface area contributed by atoms with Crippen LogP contribution in [-0.2, 0) is 16.4 Å². The summed E-state index contributed by atoms with van der Waals surface area (Å²) in [7, 11) is -1.09. The zero-order chi connectivity index (χ0) is 38.4. The van der Waals surface area contributed by atoms with Gasteiger partial charge in [0.2, 0.25) is 0 Å². The first-order valence-corrected chi connectivity index (χ1v) is 22.2. The van der Waals surface area contributed by atoms with Gasteiger partial charge in [0.1, 0.15) is 17.4 Å². The summed E-state index contributed by atoms with van der Waals surface area (Å²) in [5.74, 6) is 1.31. The molecule has 59 heavy (non-hydrogen) atoms.